The maximum atomic E-state index is 11.8. The van der Waals surface area contributed by atoms with E-state index in [-0.39, 0.29) is 18.4 Å². The first-order valence-electron chi connectivity index (χ1n) is 6.56. The van der Waals surface area contributed by atoms with E-state index in [4.69, 9.17) is 5.11 Å². The zero-order valence-electron chi connectivity index (χ0n) is 11.1. The molecule has 1 saturated heterocycles. The van der Waals surface area contributed by atoms with Crippen molar-refractivity contribution in [3.05, 3.63) is 0 Å². The minimum atomic E-state index is -0.794. The molecule has 3 amide bonds. The smallest absolute Gasteiger partial charge is 0.318 e. The molecule has 0 radical (unpaired) electrons. The third-order valence-electron chi connectivity index (χ3n) is 3.10. The SMILES string of the molecule is CC1C(=O)NCCN1C(=O)NCCCCCC(=O)O. The van der Waals surface area contributed by atoms with Crippen LogP contribution in [0.4, 0.5) is 4.79 Å². The average Bonchev–Trinajstić information content (AvgIpc) is 2.36. The van der Waals surface area contributed by atoms with Gasteiger partial charge >= 0.3 is 12.0 Å². The molecule has 1 aliphatic heterocycles. The van der Waals surface area contributed by atoms with Crippen LogP contribution < -0.4 is 10.6 Å². The molecule has 0 aromatic carbocycles. The number of hydrogen-bond acceptors (Lipinski definition) is 3. The zero-order chi connectivity index (χ0) is 14.3. The van der Waals surface area contributed by atoms with Crippen molar-refractivity contribution in [2.24, 2.45) is 0 Å². The standard InChI is InChI=1S/C12H21N3O4/c1-9-11(18)13-7-8-15(9)12(19)14-6-4-2-3-5-10(16)17/h9H,2-8H2,1H3,(H,13,18)(H,14,19)(H,16,17). The molecule has 7 nitrogen and oxygen atoms in total. The van der Waals surface area contributed by atoms with E-state index in [1.807, 2.05) is 0 Å². The maximum Gasteiger partial charge on any atom is 0.318 e. The molecule has 3 N–H and O–H groups in total. The van der Waals surface area contributed by atoms with Gasteiger partial charge in [0, 0.05) is 26.1 Å². The van der Waals surface area contributed by atoms with Crippen molar-refractivity contribution in [1.29, 1.82) is 0 Å². The van der Waals surface area contributed by atoms with Crippen LogP contribution in [0.25, 0.3) is 0 Å². The number of carbonyl (C=O) groups is 3. The van der Waals surface area contributed by atoms with E-state index in [0.29, 0.717) is 26.1 Å². The van der Waals surface area contributed by atoms with Crippen molar-refractivity contribution in [2.45, 2.75) is 38.6 Å². The lowest BCUT2D eigenvalue weighted by atomic mass is 10.2. The number of piperazine rings is 1. The first kappa shape index (κ1) is 15.3. The van der Waals surface area contributed by atoms with Crippen molar-refractivity contribution >= 4 is 17.9 Å². The molecule has 7 heteroatoms. The average molecular weight is 271 g/mol. The van der Waals surface area contributed by atoms with Gasteiger partial charge in [0.05, 0.1) is 0 Å². The number of nitrogens with one attached hydrogen (secondary N) is 2. The summed E-state index contributed by atoms with van der Waals surface area (Å²) in [5.41, 5.74) is 0. The Morgan fingerprint density at radius 1 is 1.42 bits per heavy atom. The summed E-state index contributed by atoms with van der Waals surface area (Å²) in [4.78, 5) is 35.0. The molecule has 1 rings (SSSR count). The van der Waals surface area contributed by atoms with Gasteiger partial charge in [0.1, 0.15) is 6.04 Å². The Morgan fingerprint density at radius 2 is 2.16 bits per heavy atom. The summed E-state index contributed by atoms with van der Waals surface area (Å²) in [5.74, 6) is -0.931. The van der Waals surface area contributed by atoms with Gasteiger partial charge in [0.25, 0.3) is 0 Å². The van der Waals surface area contributed by atoms with Gasteiger partial charge in [0.15, 0.2) is 0 Å². The van der Waals surface area contributed by atoms with Crippen LogP contribution in [0.1, 0.15) is 32.6 Å². The minimum absolute atomic E-state index is 0.136. The normalized spacial score (nSPS) is 18.9. The quantitative estimate of drug-likeness (QED) is 0.599. The second-order valence-corrected chi connectivity index (χ2v) is 4.60. The van der Waals surface area contributed by atoms with Crippen LogP contribution in [0.3, 0.4) is 0 Å². The molecule has 0 bridgehead atoms. The summed E-state index contributed by atoms with van der Waals surface area (Å²) < 4.78 is 0. The number of hydrogen-bond donors (Lipinski definition) is 3. The Kier molecular flexibility index (Phi) is 6.11. The molecule has 1 atom stereocenters. The van der Waals surface area contributed by atoms with Gasteiger partial charge in [-0.2, -0.15) is 0 Å². The van der Waals surface area contributed by atoms with Gasteiger partial charge < -0.3 is 20.6 Å². The monoisotopic (exact) mass is 271 g/mol. The van der Waals surface area contributed by atoms with E-state index < -0.39 is 12.0 Å². The number of unbranched alkanes of at least 4 members (excludes halogenated alkanes) is 2. The Balaban J connectivity index is 2.16. The van der Waals surface area contributed by atoms with Gasteiger partial charge in [0.2, 0.25) is 5.91 Å². The van der Waals surface area contributed by atoms with Gasteiger partial charge in [-0.15, -0.1) is 0 Å². The third-order valence-corrected chi connectivity index (χ3v) is 3.10. The molecule has 0 spiro atoms. The summed E-state index contributed by atoms with van der Waals surface area (Å²) in [6, 6.07) is -0.679. The summed E-state index contributed by atoms with van der Waals surface area (Å²) in [7, 11) is 0. The Labute approximate surface area is 112 Å². The fraction of sp³-hybridized carbons (Fsp3) is 0.750. The van der Waals surface area contributed by atoms with Crippen molar-refractivity contribution in [1.82, 2.24) is 15.5 Å². The van der Waals surface area contributed by atoms with Crippen molar-refractivity contribution < 1.29 is 19.5 Å². The predicted molar refractivity (Wildman–Crippen MR) is 68.7 cm³/mol. The lowest BCUT2D eigenvalue weighted by molar-refractivity contribution is -0.137. The number of nitrogens with zero attached hydrogens (tertiary/aromatic N) is 1. The number of carboxylic acid groups (broad SMARTS) is 1. The second kappa shape index (κ2) is 7.60. The molecule has 19 heavy (non-hydrogen) atoms. The van der Waals surface area contributed by atoms with Gasteiger partial charge in [-0.05, 0) is 19.8 Å². The van der Waals surface area contributed by atoms with E-state index in [0.717, 1.165) is 12.8 Å². The molecule has 1 unspecified atom stereocenters. The minimum Gasteiger partial charge on any atom is -0.481 e. The van der Waals surface area contributed by atoms with Gasteiger partial charge in [-0.25, -0.2) is 4.79 Å². The lowest BCUT2D eigenvalue weighted by Gasteiger charge is -2.32. The van der Waals surface area contributed by atoms with Gasteiger partial charge in [-0.1, -0.05) is 6.42 Å². The third kappa shape index (κ3) is 5.15. The topological polar surface area (TPSA) is 98.7 Å². The molecule has 0 saturated carbocycles. The van der Waals surface area contributed by atoms with Crippen LogP contribution in [-0.4, -0.2) is 53.6 Å². The highest BCUT2D eigenvalue weighted by Crippen LogP contribution is 2.04. The Hall–Kier alpha value is -1.79. The molecular formula is C12H21N3O4. The van der Waals surface area contributed by atoms with Crippen LogP contribution in [0.15, 0.2) is 0 Å². The molecule has 1 fully saturated rings. The predicted octanol–water partition coefficient (Wildman–Crippen LogP) is 0.161. The number of carboxylic acids is 1. The van der Waals surface area contributed by atoms with Gasteiger partial charge in [-0.3, -0.25) is 9.59 Å². The molecule has 1 heterocycles. The lowest BCUT2D eigenvalue weighted by Crippen LogP contribution is -2.58. The van der Waals surface area contributed by atoms with E-state index in [9.17, 15) is 14.4 Å². The van der Waals surface area contributed by atoms with E-state index in [2.05, 4.69) is 10.6 Å². The largest absolute Gasteiger partial charge is 0.481 e. The van der Waals surface area contributed by atoms with Crippen LogP contribution in [-0.2, 0) is 9.59 Å². The van der Waals surface area contributed by atoms with Crippen LogP contribution in [0, 0.1) is 0 Å². The fourth-order valence-electron chi connectivity index (χ4n) is 1.93. The molecule has 0 aromatic rings. The summed E-state index contributed by atoms with van der Waals surface area (Å²) >= 11 is 0. The van der Waals surface area contributed by atoms with E-state index >= 15 is 0 Å². The molecule has 108 valence electrons. The second-order valence-electron chi connectivity index (χ2n) is 4.60. The fourth-order valence-corrected chi connectivity index (χ4v) is 1.93. The van der Waals surface area contributed by atoms with Crippen molar-refractivity contribution in [3.8, 4) is 0 Å². The van der Waals surface area contributed by atoms with Crippen LogP contribution >= 0.6 is 0 Å². The summed E-state index contributed by atoms with van der Waals surface area (Å²) in [6.45, 7) is 3.19. The number of urea groups is 1. The van der Waals surface area contributed by atoms with E-state index in [1.165, 1.54) is 4.90 Å². The van der Waals surface area contributed by atoms with Crippen molar-refractivity contribution in [3.63, 3.8) is 0 Å². The zero-order valence-corrected chi connectivity index (χ0v) is 11.1. The molecule has 0 aliphatic carbocycles. The highest BCUT2D eigenvalue weighted by atomic mass is 16.4. The number of amides is 3. The number of carbonyl (C=O) groups excluding carboxylic acids is 2. The van der Waals surface area contributed by atoms with Crippen molar-refractivity contribution in [2.75, 3.05) is 19.6 Å². The Bertz CT molecular complexity index is 346. The summed E-state index contributed by atoms with van der Waals surface area (Å²) in [5, 5.41) is 13.9. The van der Waals surface area contributed by atoms with Crippen LogP contribution in [0.2, 0.25) is 0 Å². The Morgan fingerprint density at radius 3 is 2.84 bits per heavy atom. The number of rotatable bonds is 6. The maximum absolute atomic E-state index is 11.8. The first-order valence-corrected chi connectivity index (χ1v) is 6.56. The summed E-state index contributed by atoms with van der Waals surface area (Å²) in [6.07, 6.45) is 2.29. The first-order chi connectivity index (χ1) is 9.02. The number of aliphatic carboxylic acids is 1. The van der Waals surface area contributed by atoms with Crippen LogP contribution in [0.5, 0.6) is 0 Å². The molecular weight excluding hydrogens is 250 g/mol. The highest BCUT2D eigenvalue weighted by Gasteiger charge is 2.28. The molecule has 0 aromatic heterocycles. The molecule has 1 aliphatic rings. The highest BCUT2D eigenvalue weighted by molar-refractivity contribution is 5.87. The van der Waals surface area contributed by atoms with E-state index in [1.54, 1.807) is 6.92 Å².